The molecule has 0 heterocycles. The predicted octanol–water partition coefficient (Wildman–Crippen LogP) is 1.24. The number of nitrogens with one attached hydrogen (secondary N) is 4. The van der Waals surface area contributed by atoms with E-state index in [0.29, 0.717) is 52.1 Å². The Morgan fingerprint density at radius 3 is 1.63 bits per heavy atom. The predicted molar refractivity (Wildman–Crippen MR) is 165 cm³/mol. The van der Waals surface area contributed by atoms with Gasteiger partial charge in [-0.05, 0) is 64.5 Å². The van der Waals surface area contributed by atoms with Gasteiger partial charge in [0, 0.05) is 63.9 Å². The molecule has 0 aromatic rings. The molecule has 0 radical (unpaired) electrons. The van der Waals surface area contributed by atoms with E-state index in [0.717, 1.165) is 51.6 Å². The largest absolute Gasteiger partial charge is 0.370 e. The molecule has 4 amide bonds. The summed E-state index contributed by atoms with van der Waals surface area (Å²) in [6.45, 7) is 12.6. The third kappa shape index (κ3) is 19.8. The third-order valence-corrected chi connectivity index (χ3v) is 7.10. The topological polar surface area (TPSA) is 184 Å². The summed E-state index contributed by atoms with van der Waals surface area (Å²) in [5, 5.41) is 12.1. The molecule has 0 aliphatic heterocycles. The fraction of sp³-hybridized carbons (Fsp3) is 0.828. The molecule has 0 aromatic carbocycles. The highest BCUT2D eigenvalue weighted by Crippen LogP contribution is 2.08. The number of guanidine groups is 1. The maximum Gasteiger partial charge on any atom is 0.223 e. The molecule has 0 saturated carbocycles. The number of hydrogen-bond donors (Lipinski definition) is 6. The molecule has 0 aliphatic carbocycles. The number of nitrogens with zero attached hydrogens (tertiary/aromatic N) is 2. The van der Waals surface area contributed by atoms with Gasteiger partial charge in [0.1, 0.15) is 0 Å². The average molecular weight is 583 g/mol. The third-order valence-electron chi connectivity index (χ3n) is 7.10. The number of carbonyl (C=O) groups excluding carboxylic acids is 4. The van der Waals surface area contributed by atoms with Gasteiger partial charge in [-0.1, -0.05) is 27.7 Å². The van der Waals surface area contributed by atoms with E-state index in [4.69, 9.17) is 11.5 Å². The van der Waals surface area contributed by atoms with Crippen molar-refractivity contribution >= 4 is 29.6 Å². The second-order valence-corrected chi connectivity index (χ2v) is 10.3. The zero-order valence-electron chi connectivity index (χ0n) is 26.1. The van der Waals surface area contributed by atoms with E-state index in [1.54, 1.807) is 4.90 Å². The lowest BCUT2D eigenvalue weighted by atomic mass is 10.0. The normalized spacial score (nSPS) is 10.9. The molecule has 12 heteroatoms. The van der Waals surface area contributed by atoms with Gasteiger partial charge in [0.2, 0.25) is 23.6 Å². The minimum absolute atomic E-state index is 0.0108. The molecule has 0 aliphatic rings. The first-order valence-electron chi connectivity index (χ1n) is 15.6. The van der Waals surface area contributed by atoms with Crippen molar-refractivity contribution in [3.05, 3.63) is 0 Å². The lowest BCUT2D eigenvalue weighted by Crippen LogP contribution is -2.38. The highest BCUT2D eigenvalue weighted by molar-refractivity contribution is 5.84. The number of carbonyl (C=O) groups is 4. The fourth-order valence-corrected chi connectivity index (χ4v) is 4.38. The van der Waals surface area contributed by atoms with Crippen molar-refractivity contribution in [1.29, 1.82) is 0 Å². The molecule has 8 N–H and O–H groups in total. The van der Waals surface area contributed by atoms with Gasteiger partial charge in [-0.15, -0.1) is 0 Å². The molecule has 0 aromatic heterocycles. The van der Waals surface area contributed by atoms with Crippen molar-refractivity contribution in [2.45, 2.75) is 91.9 Å². The van der Waals surface area contributed by atoms with Gasteiger partial charge in [-0.25, -0.2) is 0 Å². The Kier molecular flexibility index (Phi) is 23.1. The zero-order chi connectivity index (χ0) is 30.9. The fourth-order valence-electron chi connectivity index (χ4n) is 4.38. The second-order valence-electron chi connectivity index (χ2n) is 10.3. The Hall–Kier alpha value is -2.89. The van der Waals surface area contributed by atoms with Gasteiger partial charge in [0.15, 0.2) is 5.96 Å². The van der Waals surface area contributed by atoms with Crippen LogP contribution >= 0.6 is 0 Å². The van der Waals surface area contributed by atoms with Crippen LogP contribution in [0.5, 0.6) is 0 Å². The number of amides is 4. The maximum absolute atomic E-state index is 13.0. The van der Waals surface area contributed by atoms with Crippen molar-refractivity contribution in [2.24, 2.45) is 28.3 Å². The Morgan fingerprint density at radius 2 is 1.15 bits per heavy atom. The van der Waals surface area contributed by atoms with Crippen LogP contribution in [0.25, 0.3) is 0 Å². The monoisotopic (exact) mass is 582 g/mol. The van der Waals surface area contributed by atoms with E-state index >= 15 is 0 Å². The van der Waals surface area contributed by atoms with E-state index in [2.05, 4.69) is 26.3 Å². The van der Waals surface area contributed by atoms with E-state index in [1.165, 1.54) is 0 Å². The molecule has 0 atom stereocenters. The minimum atomic E-state index is -0.152. The first-order valence-corrected chi connectivity index (χ1v) is 15.6. The molecule has 0 bridgehead atoms. The van der Waals surface area contributed by atoms with Crippen molar-refractivity contribution in [3.8, 4) is 0 Å². The number of hydrogen-bond acceptors (Lipinski definition) is 6. The Balaban J connectivity index is 4.53. The molecule has 0 unspecified atom stereocenters. The van der Waals surface area contributed by atoms with Crippen molar-refractivity contribution in [2.75, 3.05) is 52.4 Å². The molecule has 238 valence electrons. The lowest BCUT2D eigenvalue weighted by molar-refractivity contribution is -0.133. The highest BCUT2D eigenvalue weighted by atomic mass is 16.2. The van der Waals surface area contributed by atoms with Gasteiger partial charge in [-0.3, -0.25) is 24.2 Å². The molecule has 0 spiro atoms. The van der Waals surface area contributed by atoms with Gasteiger partial charge in [0.05, 0.1) is 0 Å². The van der Waals surface area contributed by atoms with Gasteiger partial charge in [-0.2, -0.15) is 0 Å². The summed E-state index contributed by atoms with van der Waals surface area (Å²) in [6.07, 6.45) is 6.31. The minimum Gasteiger partial charge on any atom is -0.370 e. The first kappa shape index (κ1) is 38.1. The first-order chi connectivity index (χ1) is 19.7. The summed E-state index contributed by atoms with van der Waals surface area (Å²) >= 11 is 0. The van der Waals surface area contributed by atoms with E-state index in [1.807, 2.05) is 27.7 Å². The maximum atomic E-state index is 13.0. The van der Waals surface area contributed by atoms with E-state index in [-0.39, 0.29) is 54.3 Å². The van der Waals surface area contributed by atoms with Crippen LogP contribution < -0.4 is 32.7 Å². The van der Waals surface area contributed by atoms with Gasteiger partial charge < -0.3 is 37.6 Å². The number of aliphatic imine (C=N–C) groups is 1. The van der Waals surface area contributed by atoms with Crippen LogP contribution in [0.1, 0.15) is 91.9 Å². The van der Waals surface area contributed by atoms with Crippen LogP contribution in [0.3, 0.4) is 0 Å². The van der Waals surface area contributed by atoms with Crippen molar-refractivity contribution < 1.29 is 19.2 Å². The smallest absolute Gasteiger partial charge is 0.223 e. The van der Waals surface area contributed by atoms with Crippen LogP contribution in [0.15, 0.2) is 4.99 Å². The summed E-state index contributed by atoms with van der Waals surface area (Å²) in [7, 11) is 0. The summed E-state index contributed by atoms with van der Waals surface area (Å²) in [6, 6.07) is 0. The lowest BCUT2D eigenvalue weighted by Gasteiger charge is -2.23. The molecular formula is C29H58N8O4. The van der Waals surface area contributed by atoms with Crippen LogP contribution in [0.2, 0.25) is 0 Å². The number of rotatable bonds is 25. The SMILES string of the molecule is CCC(CC)C(=O)NCCCN(CCCNC(=O)C(CC)CC)C(=O)CCC(=O)NCCCNCCCN=C(N)N. The summed E-state index contributed by atoms with van der Waals surface area (Å²) in [5.74, 6) is -0.0321. The molecule has 0 fully saturated rings. The van der Waals surface area contributed by atoms with Crippen LogP contribution in [-0.4, -0.2) is 86.8 Å². The Labute approximate surface area is 247 Å². The van der Waals surface area contributed by atoms with Crippen molar-refractivity contribution in [1.82, 2.24) is 26.2 Å². The van der Waals surface area contributed by atoms with Gasteiger partial charge in [0.25, 0.3) is 0 Å². The highest BCUT2D eigenvalue weighted by Gasteiger charge is 2.17. The van der Waals surface area contributed by atoms with Crippen molar-refractivity contribution in [3.63, 3.8) is 0 Å². The molecular weight excluding hydrogens is 524 g/mol. The van der Waals surface area contributed by atoms with Crippen LogP contribution in [0.4, 0.5) is 0 Å². The summed E-state index contributed by atoms with van der Waals surface area (Å²) in [4.78, 5) is 55.4. The molecule has 41 heavy (non-hydrogen) atoms. The van der Waals surface area contributed by atoms with Crippen LogP contribution in [-0.2, 0) is 19.2 Å². The molecule has 12 nitrogen and oxygen atoms in total. The zero-order valence-corrected chi connectivity index (χ0v) is 26.1. The van der Waals surface area contributed by atoms with Gasteiger partial charge >= 0.3 is 0 Å². The molecule has 0 rings (SSSR count). The standard InChI is InChI=1S/C29H58N8O4/c1-5-23(6-2)27(40)34-19-11-21-37(22-12-20-35-28(41)24(7-3)8-4)26(39)14-13-25(38)33-17-9-15-32-16-10-18-36-29(30)31/h23-24,32H,5-22H2,1-4H3,(H,33,38)(H,34,40)(H,35,41)(H4,30,31,36). The second kappa shape index (κ2) is 24.9. The number of nitrogens with two attached hydrogens (primary N) is 2. The molecule has 0 saturated heterocycles. The Bertz CT molecular complexity index is 734. The average Bonchev–Trinajstić information content (AvgIpc) is 2.95. The summed E-state index contributed by atoms with van der Waals surface area (Å²) < 4.78 is 0. The van der Waals surface area contributed by atoms with E-state index < -0.39 is 0 Å². The summed E-state index contributed by atoms with van der Waals surface area (Å²) in [5.41, 5.74) is 10.6. The van der Waals surface area contributed by atoms with E-state index in [9.17, 15) is 19.2 Å². The quantitative estimate of drug-likeness (QED) is 0.0531. The Morgan fingerprint density at radius 1 is 0.659 bits per heavy atom. The van der Waals surface area contributed by atoms with Crippen LogP contribution in [0, 0.1) is 11.8 Å².